The molecule has 0 atom stereocenters. The Balaban J connectivity index is 1.47. The minimum absolute atomic E-state index is 0.00278. The van der Waals surface area contributed by atoms with E-state index in [0.29, 0.717) is 22.3 Å². The fourth-order valence-electron chi connectivity index (χ4n) is 12.5. The minimum Gasteiger partial charge on any atom is -0.312 e. The molecule has 0 spiro atoms. The summed E-state index contributed by atoms with van der Waals surface area (Å²) in [4.78, 5) is 1.50. The van der Waals surface area contributed by atoms with Gasteiger partial charge >= 0.3 is 0 Å². The molecule has 1 aliphatic carbocycles. The topological polar surface area (TPSA) is 8.17 Å². The van der Waals surface area contributed by atoms with Gasteiger partial charge in [-0.25, -0.2) is 0 Å². The third-order valence-electron chi connectivity index (χ3n) is 17.1. The molecule has 10 rings (SSSR count). The molecule has 0 bridgehead atoms. The molecule has 0 unspecified atom stereocenters. The number of fused-ring (bicyclic) bond motifs is 6. The lowest BCUT2D eigenvalue weighted by atomic mass is 9.57. The smallest absolute Gasteiger partial charge is 0.117 e. The highest BCUT2D eigenvalue weighted by Crippen LogP contribution is 2.47. The van der Waals surface area contributed by atoms with E-state index in [-0.39, 0.29) is 242 Å². The summed E-state index contributed by atoms with van der Waals surface area (Å²) in [6.45, 7) is 6.89. The first-order chi connectivity index (χ1) is 39.4. The summed E-state index contributed by atoms with van der Waals surface area (Å²) in [5.41, 5.74) is -3.00. The Bertz CT molecular complexity index is 4540. The first kappa shape index (κ1) is 63.3. The molecular formula is C53H12B30N2. The lowest BCUT2D eigenvalue weighted by Crippen LogP contribution is -2.56. The van der Waals surface area contributed by atoms with Gasteiger partial charge in [0.15, 0.2) is 0 Å². The van der Waals surface area contributed by atoms with Crippen molar-refractivity contribution in [1.82, 2.24) is 4.57 Å². The second-order valence-electron chi connectivity index (χ2n) is 21.8. The predicted molar refractivity (Wildman–Crippen MR) is 395 cm³/mol. The number of nitrogens with zero attached hydrogens (tertiary/aromatic N) is 2. The molecule has 0 saturated carbocycles. The van der Waals surface area contributed by atoms with Crippen LogP contribution < -0.4 is 169 Å². The number of hydrogen-bond acceptors (Lipinski definition) is 1. The van der Waals surface area contributed by atoms with Crippen LogP contribution in [0.3, 0.4) is 0 Å². The number of benzene rings is 8. The van der Waals surface area contributed by atoms with Gasteiger partial charge in [-0.15, -0.1) is 60.1 Å². The maximum absolute atomic E-state index is 7.82. The SMILES string of the molecule is [B]c1c([B])c([B])c(-c2c([B])c([B])c(N(c3c([B])c([B])c4c(c3[B])C(C)(C)c3c([B])c([B])c([B])c([B])c3-4)c3c(C)c([B])c4c(c3[B])c3c([B])c([B])c(-c5c([B])c([B])c([B])c([B])c5[B])c([B])c3n4-c3c([B])c([B])c([B])c([B])c3[B])c(C)c2[B])c([B])c1[B]. The van der Waals surface area contributed by atoms with Crippen LogP contribution in [0.5, 0.6) is 0 Å². The molecule has 32 heteroatoms. The molecule has 2 nitrogen and oxygen atoms in total. The molecule has 1 aromatic heterocycles. The van der Waals surface area contributed by atoms with Crippen molar-refractivity contribution in [2.24, 2.45) is 0 Å². The molecule has 9 aromatic rings. The highest BCUT2D eigenvalue weighted by molar-refractivity contribution is 6.75. The second-order valence-corrected chi connectivity index (χ2v) is 21.8. The van der Waals surface area contributed by atoms with Crippen LogP contribution in [-0.2, 0) is 5.41 Å². The van der Waals surface area contributed by atoms with Crippen molar-refractivity contribution >= 4 is 438 Å². The zero-order valence-electron chi connectivity index (χ0n) is 46.7. The second kappa shape index (κ2) is 21.2. The van der Waals surface area contributed by atoms with Crippen molar-refractivity contribution in [2.45, 2.75) is 33.1 Å². The summed E-state index contributed by atoms with van der Waals surface area (Å²) in [6, 6.07) is 0. The summed E-state index contributed by atoms with van der Waals surface area (Å²) >= 11 is 0. The van der Waals surface area contributed by atoms with Crippen LogP contribution in [0.1, 0.15) is 36.1 Å². The van der Waals surface area contributed by atoms with Gasteiger partial charge in [-0.3, -0.25) is 0 Å². The maximum Gasteiger partial charge on any atom is 0.117 e. The third kappa shape index (κ3) is 8.28. The fourth-order valence-corrected chi connectivity index (χ4v) is 12.5. The molecule has 324 valence electrons. The molecule has 0 saturated heterocycles. The first-order valence-electron chi connectivity index (χ1n) is 25.5. The Kier molecular flexibility index (Phi) is 15.8. The van der Waals surface area contributed by atoms with E-state index in [4.69, 9.17) is 235 Å². The van der Waals surface area contributed by atoms with E-state index in [0.717, 1.165) is 0 Å². The largest absolute Gasteiger partial charge is 0.312 e. The molecule has 1 heterocycles. The Morgan fingerprint density at radius 1 is 0.235 bits per heavy atom. The number of aromatic nitrogens is 1. The van der Waals surface area contributed by atoms with E-state index in [1.807, 2.05) is 13.8 Å². The van der Waals surface area contributed by atoms with Crippen molar-refractivity contribution < 1.29 is 0 Å². The molecule has 8 aromatic carbocycles. The summed E-state index contributed by atoms with van der Waals surface area (Å²) in [6.07, 6.45) is 0. The molecule has 0 fully saturated rings. The van der Waals surface area contributed by atoms with Gasteiger partial charge in [0, 0.05) is 44.6 Å². The van der Waals surface area contributed by atoms with Crippen molar-refractivity contribution in [3.8, 4) is 39.1 Å². The Morgan fingerprint density at radius 2 is 0.506 bits per heavy atom. The maximum atomic E-state index is 7.82. The Labute approximate surface area is 538 Å². The van der Waals surface area contributed by atoms with E-state index in [9.17, 15) is 0 Å². The highest BCUT2D eigenvalue weighted by atomic mass is 15.2. The van der Waals surface area contributed by atoms with E-state index in [1.54, 1.807) is 13.8 Å². The van der Waals surface area contributed by atoms with Crippen molar-refractivity contribution in [2.75, 3.05) is 4.90 Å². The van der Waals surface area contributed by atoms with Crippen molar-refractivity contribution in [3.05, 3.63) is 22.3 Å². The van der Waals surface area contributed by atoms with E-state index in [2.05, 4.69) is 0 Å². The van der Waals surface area contributed by atoms with Crippen LogP contribution in [0.2, 0.25) is 0 Å². The molecular weight excluding hydrogens is 989 g/mol. The Hall–Kier alpha value is -4.69. The summed E-state index contributed by atoms with van der Waals surface area (Å²) in [7, 11) is 206. The first-order valence-corrected chi connectivity index (χ1v) is 25.5. The summed E-state index contributed by atoms with van der Waals surface area (Å²) < 4.78 is 1.45. The van der Waals surface area contributed by atoms with Crippen molar-refractivity contribution in [3.63, 3.8) is 0 Å². The van der Waals surface area contributed by atoms with Crippen LogP contribution in [0.15, 0.2) is 0 Å². The summed E-state index contributed by atoms with van der Waals surface area (Å²) in [5.74, 6) is 0. The quantitative estimate of drug-likeness (QED) is 0.151. The monoisotopic (exact) mass is 1010 g/mol. The van der Waals surface area contributed by atoms with Gasteiger partial charge < -0.3 is 9.47 Å². The normalized spacial score (nSPS) is 12.6. The van der Waals surface area contributed by atoms with E-state index >= 15 is 0 Å². The van der Waals surface area contributed by atoms with Gasteiger partial charge in [0.25, 0.3) is 0 Å². The molecule has 0 amide bonds. The highest BCUT2D eigenvalue weighted by Gasteiger charge is 2.43. The number of anilines is 3. The minimum atomic E-state index is -1.17. The van der Waals surface area contributed by atoms with Gasteiger partial charge in [0.1, 0.15) is 235 Å². The molecule has 0 N–H and O–H groups in total. The van der Waals surface area contributed by atoms with E-state index in [1.165, 1.54) is 9.47 Å². The number of rotatable bonds is 6. The van der Waals surface area contributed by atoms with Gasteiger partial charge in [-0.2, -0.15) is 0 Å². The van der Waals surface area contributed by atoms with Crippen LogP contribution in [0.25, 0.3) is 60.9 Å². The van der Waals surface area contributed by atoms with Gasteiger partial charge in [-0.05, 0) is 74.9 Å². The van der Waals surface area contributed by atoms with Crippen LogP contribution in [0.4, 0.5) is 17.1 Å². The average Bonchev–Trinajstić information content (AvgIpc) is 1.61. The Morgan fingerprint density at radius 3 is 0.953 bits per heavy atom. The molecule has 85 heavy (non-hydrogen) atoms. The lowest BCUT2D eigenvalue weighted by Gasteiger charge is -2.40. The van der Waals surface area contributed by atoms with Gasteiger partial charge in [0.2, 0.25) is 0 Å². The average molecular weight is 1000 g/mol. The van der Waals surface area contributed by atoms with Crippen LogP contribution >= 0.6 is 0 Å². The van der Waals surface area contributed by atoms with Gasteiger partial charge in [-0.1, -0.05) is 118 Å². The van der Waals surface area contributed by atoms with Crippen LogP contribution in [-0.4, -0.2) is 240 Å². The lowest BCUT2D eigenvalue weighted by molar-refractivity contribution is 0.669. The molecule has 60 radical (unpaired) electrons. The summed E-state index contributed by atoms with van der Waals surface area (Å²) in [5, 5.41) is 0.0504. The predicted octanol–water partition coefficient (Wildman–Crippen LogP) is -21.7. The van der Waals surface area contributed by atoms with E-state index < -0.39 is 5.41 Å². The van der Waals surface area contributed by atoms with Crippen LogP contribution in [0, 0.1) is 13.8 Å². The van der Waals surface area contributed by atoms with Crippen molar-refractivity contribution in [1.29, 1.82) is 0 Å². The third-order valence-corrected chi connectivity index (χ3v) is 17.1. The fraction of sp³-hybridized carbons (Fsp3) is 0.0943. The standard InChI is InChI=1S/C53H12B30N2/c1-5-17(54)9(10-22(59)33(70)38(75)34(71)23(10)60)26(63)43(80)48(5)84(51-31(68)16-8(20(57)44(51)81)7-15(53(16,3)4)30(67)37(74)32(69)19(7)56)47-6(2)18(55)49-14(29(47)66)13-27(64)21(58)12(11-24(61)35(72)39(76)36(73)25(11)62)28(65)50(13)85(49)52-45(82)41(78)40(77)42(79)46(52)83/h1-4H3. The number of hydrogen-bond donors (Lipinski definition) is 0. The van der Waals surface area contributed by atoms with Gasteiger partial charge in [0.05, 0.1) is 0 Å². The molecule has 1 aliphatic rings. The molecule has 0 aliphatic heterocycles. The zero-order chi connectivity index (χ0) is 63.4. The zero-order valence-corrected chi connectivity index (χ0v) is 46.7.